The van der Waals surface area contributed by atoms with Gasteiger partial charge >= 0.3 is 0 Å². The maximum Gasteiger partial charge on any atom is 0.222 e. The van der Waals surface area contributed by atoms with E-state index in [9.17, 15) is 4.79 Å². The number of rotatable bonds is 3. The number of hydrogen-bond donors (Lipinski definition) is 2. The minimum atomic E-state index is -0.173. The lowest BCUT2D eigenvalue weighted by atomic mass is 9.76. The summed E-state index contributed by atoms with van der Waals surface area (Å²) in [4.78, 5) is 11.8. The van der Waals surface area contributed by atoms with E-state index in [1.807, 2.05) is 0 Å². The van der Waals surface area contributed by atoms with Gasteiger partial charge in [0.25, 0.3) is 0 Å². The Balaban J connectivity index is 2.27. The van der Waals surface area contributed by atoms with Gasteiger partial charge in [-0.25, -0.2) is 0 Å². The number of carbonyl (C=O) groups excluding carboxylic acids is 1. The molecule has 0 radical (unpaired) electrons. The van der Waals surface area contributed by atoms with Gasteiger partial charge in [-0.1, -0.05) is 25.1 Å². The van der Waals surface area contributed by atoms with Crippen molar-refractivity contribution < 1.29 is 4.79 Å². The van der Waals surface area contributed by atoms with Crippen LogP contribution >= 0.6 is 0 Å². The van der Waals surface area contributed by atoms with Crippen molar-refractivity contribution in [1.29, 1.82) is 0 Å². The molecule has 0 spiro atoms. The van der Waals surface area contributed by atoms with Crippen molar-refractivity contribution in [2.24, 2.45) is 17.6 Å². The summed E-state index contributed by atoms with van der Waals surface area (Å²) < 4.78 is 0. The highest BCUT2D eigenvalue weighted by Gasteiger charge is 2.37. The maximum absolute atomic E-state index is 11.8. The second kappa shape index (κ2) is 5.96. The van der Waals surface area contributed by atoms with Crippen LogP contribution in [0.1, 0.15) is 37.0 Å². The van der Waals surface area contributed by atoms with Crippen LogP contribution in [0.2, 0.25) is 0 Å². The first kappa shape index (κ1) is 15.0. The van der Waals surface area contributed by atoms with Crippen LogP contribution in [-0.2, 0) is 11.2 Å². The third kappa shape index (κ3) is 3.04. The fourth-order valence-corrected chi connectivity index (χ4v) is 3.69. The molecule has 4 unspecified atom stereocenters. The van der Waals surface area contributed by atoms with Gasteiger partial charge in [0.15, 0.2) is 0 Å². The van der Waals surface area contributed by atoms with E-state index in [0.717, 1.165) is 12.8 Å². The number of hydrogen-bond acceptors (Lipinski definition) is 2. The van der Waals surface area contributed by atoms with E-state index in [4.69, 9.17) is 5.73 Å². The van der Waals surface area contributed by atoms with E-state index in [0.29, 0.717) is 12.0 Å². The minimum absolute atomic E-state index is 0.0785. The van der Waals surface area contributed by atoms with Crippen LogP contribution in [0.15, 0.2) is 18.2 Å². The number of benzene rings is 1. The summed E-state index contributed by atoms with van der Waals surface area (Å²) >= 11 is 0. The summed E-state index contributed by atoms with van der Waals surface area (Å²) in [5.74, 6) is 0.0939. The molecule has 1 heterocycles. The Hall–Kier alpha value is -1.35. The molecule has 0 aliphatic carbocycles. The lowest BCUT2D eigenvalue weighted by molar-refractivity contribution is -0.125. The van der Waals surface area contributed by atoms with Gasteiger partial charge in [0.1, 0.15) is 0 Å². The first-order chi connectivity index (χ1) is 9.40. The highest BCUT2D eigenvalue weighted by atomic mass is 16.1. The van der Waals surface area contributed by atoms with E-state index in [1.165, 1.54) is 16.7 Å². The van der Waals surface area contributed by atoms with Crippen molar-refractivity contribution in [1.82, 2.24) is 5.32 Å². The summed E-state index contributed by atoms with van der Waals surface area (Å²) in [5, 5.41) is 3.58. The van der Waals surface area contributed by atoms with Crippen molar-refractivity contribution in [3.8, 4) is 0 Å². The molecule has 0 saturated carbocycles. The SMILES string of the molecule is Cc1cccc(C)c1CC1NC(C)CC(C)C1C(N)=O. The Kier molecular flexibility index (Phi) is 4.48. The molecule has 1 saturated heterocycles. The van der Waals surface area contributed by atoms with Gasteiger partial charge in [0.05, 0.1) is 5.92 Å². The monoisotopic (exact) mass is 274 g/mol. The topological polar surface area (TPSA) is 55.1 Å². The molecule has 20 heavy (non-hydrogen) atoms. The number of nitrogens with one attached hydrogen (secondary N) is 1. The quantitative estimate of drug-likeness (QED) is 0.889. The zero-order chi connectivity index (χ0) is 14.9. The predicted octanol–water partition coefficient (Wildman–Crippen LogP) is 2.33. The van der Waals surface area contributed by atoms with E-state index in [-0.39, 0.29) is 17.9 Å². The number of carbonyl (C=O) groups is 1. The highest BCUT2D eigenvalue weighted by Crippen LogP contribution is 2.29. The van der Waals surface area contributed by atoms with Crippen LogP contribution in [0, 0.1) is 25.7 Å². The summed E-state index contributed by atoms with van der Waals surface area (Å²) in [6.07, 6.45) is 1.89. The lowest BCUT2D eigenvalue weighted by Crippen LogP contribution is -2.55. The van der Waals surface area contributed by atoms with Crippen LogP contribution in [0.3, 0.4) is 0 Å². The molecule has 1 aromatic carbocycles. The molecule has 0 bridgehead atoms. The van der Waals surface area contributed by atoms with Crippen LogP contribution < -0.4 is 11.1 Å². The van der Waals surface area contributed by atoms with Gasteiger partial charge in [-0.3, -0.25) is 4.79 Å². The Morgan fingerprint density at radius 2 is 1.90 bits per heavy atom. The molecule has 1 amide bonds. The predicted molar refractivity (Wildman–Crippen MR) is 82.5 cm³/mol. The first-order valence-electron chi connectivity index (χ1n) is 7.50. The van der Waals surface area contributed by atoms with E-state index in [2.05, 4.69) is 51.2 Å². The van der Waals surface area contributed by atoms with E-state index in [1.54, 1.807) is 0 Å². The summed E-state index contributed by atoms with van der Waals surface area (Å²) in [5.41, 5.74) is 9.57. The number of amides is 1. The van der Waals surface area contributed by atoms with Gasteiger partial charge in [-0.15, -0.1) is 0 Å². The molecule has 3 nitrogen and oxygen atoms in total. The first-order valence-corrected chi connectivity index (χ1v) is 7.50. The van der Waals surface area contributed by atoms with Gasteiger partial charge in [0.2, 0.25) is 5.91 Å². The molecular weight excluding hydrogens is 248 g/mol. The Morgan fingerprint density at radius 3 is 2.45 bits per heavy atom. The molecular formula is C17H26N2O. The fraction of sp³-hybridized carbons (Fsp3) is 0.588. The van der Waals surface area contributed by atoms with Gasteiger partial charge in [-0.05, 0) is 56.2 Å². The molecule has 3 heteroatoms. The molecule has 1 aromatic rings. The van der Waals surface area contributed by atoms with Gasteiger partial charge in [0, 0.05) is 12.1 Å². The highest BCUT2D eigenvalue weighted by molar-refractivity contribution is 5.78. The van der Waals surface area contributed by atoms with Crippen molar-refractivity contribution in [3.63, 3.8) is 0 Å². The minimum Gasteiger partial charge on any atom is -0.369 e. The summed E-state index contributed by atoms with van der Waals surface area (Å²) in [6, 6.07) is 6.94. The van der Waals surface area contributed by atoms with Crippen LogP contribution in [-0.4, -0.2) is 18.0 Å². The number of piperidine rings is 1. The third-order valence-electron chi connectivity index (χ3n) is 4.67. The molecule has 3 N–H and O–H groups in total. The molecule has 1 aliphatic heterocycles. The van der Waals surface area contributed by atoms with Crippen molar-refractivity contribution in [3.05, 3.63) is 34.9 Å². The van der Waals surface area contributed by atoms with Crippen molar-refractivity contribution in [2.45, 2.75) is 52.6 Å². The largest absolute Gasteiger partial charge is 0.369 e. The Labute approximate surface area is 121 Å². The maximum atomic E-state index is 11.8. The van der Waals surface area contributed by atoms with Gasteiger partial charge in [-0.2, -0.15) is 0 Å². The zero-order valence-corrected chi connectivity index (χ0v) is 12.9. The zero-order valence-electron chi connectivity index (χ0n) is 12.9. The molecule has 1 fully saturated rings. The standard InChI is InChI=1S/C17H26N2O/c1-10-6-5-7-11(2)14(10)9-15-16(17(18)20)12(3)8-13(4)19-15/h5-7,12-13,15-16,19H,8-9H2,1-4H3,(H2,18,20). The average Bonchev–Trinajstić information content (AvgIpc) is 2.32. The molecule has 0 aromatic heterocycles. The van der Waals surface area contributed by atoms with Crippen LogP contribution in [0.25, 0.3) is 0 Å². The number of nitrogens with two attached hydrogens (primary N) is 1. The van der Waals surface area contributed by atoms with Crippen molar-refractivity contribution in [2.75, 3.05) is 0 Å². The fourth-order valence-electron chi connectivity index (χ4n) is 3.69. The average molecular weight is 274 g/mol. The summed E-state index contributed by atoms with van der Waals surface area (Å²) in [7, 11) is 0. The smallest absolute Gasteiger partial charge is 0.222 e. The second-order valence-electron chi connectivity index (χ2n) is 6.39. The molecule has 110 valence electrons. The Bertz CT molecular complexity index is 478. The molecule has 2 rings (SSSR count). The van der Waals surface area contributed by atoms with E-state index < -0.39 is 0 Å². The Morgan fingerprint density at radius 1 is 1.30 bits per heavy atom. The third-order valence-corrected chi connectivity index (χ3v) is 4.67. The molecule has 4 atom stereocenters. The van der Waals surface area contributed by atoms with Crippen LogP contribution in [0.4, 0.5) is 0 Å². The van der Waals surface area contributed by atoms with Crippen molar-refractivity contribution >= 4 is 5.91 Å². The number of aryl methyl sites for hydroxylation is 2. The number of primary amides is 1. The van der Waals surface area contributed by atoms with E-state index >= 15 is 0 Å². The lowest BCUT2D eigenvalue weighted by Gasteiger charge is -2.39. The van der Waals surface area contributed by atoms with Gasteiger partial charge < -0.3 is 11.1 Å². The summed E-state index contributed by atoms with van der Waals surface area (Å²) in [6.45, 7) is 8.60. The van der Waals surface area contributed by atoms with Crippen LogP contribution in [0.5, 0.6) is 0 Å². The normalized spacial score (nSPS) is 30.2. The second-order valence-corrected chi connectivity index (χ2v) is 6.39. The molecule has 1 aliphatic rings.